The number of benzene rings is 1. The second kappa shape index (κ2) is 7.38. The maximum atomic E-state index is 12.6. The predicted molar refractivity (Wildman–Crippen MR) is 101 cm³/mol. The lowest BCUT2D eigenvalue weighted by Gasteiger charge is -2.04. The zero-order valence-corrected chi connectivity index (χ0v) is 16.6. The molecule has 0 bridgehead atoms. The highest BCUT2D eigenvalue weighted by Crippen LogP contribution is 2.60. The maximum Gasteiger partial charge on any atom is 0.426 e. The first-order chi connectivity index (χ1) is 13.4. The molecule has 7 nitrogen and oxygen atoms in total. The van der Waals surface area contributed by atoms with Crippen LogP contribution in [-0.4, -0.2) is 27.2 Å². The molecule has 1 aromatic carbocycles. The van der Waals surface area contributed by atoms with E-state index in [0.717, 1.165) is 17.4 Å². The molecule has 0 radical (unpaired) electrons. The molecule has 2 atom stereocenters. The van der Waals surface area contributed by atoms with Crippen molar-refractivity contribution < 1.29 is 22.9 Å². The minimum Gasteiger partial charge on any atom is -0.300 e. The van der Waals surface area contributed by atoms with Crippen LogP contribution in [0, 0.1) is 27.4 Å². The summed E-state index contributed by atoms with van der Waals surface area (Å²) in [6.45, 7) is 3.35. The second-order valence-electron chi connectivity index (χ2n) is 7.05. The lowest BCUT2D eigenvalue weighted by atomic mass is 10.1. The van der Waals surface area contributed by atoms with Crippen LogP contribution in [0.4, 0.5) is 24.0 Å². The third-order valence-corrected chi connectivity index (χ3v) is 5.98. The van der Waals surface area contributed by atoms with Gasteiger partial charge in [0.25, 0.3) is 5.69 Å². The quantitative estimate of drug-likeness (QED) is 0.514. The van der Waals surface area contributed by atoms with Gasteiger partial charge in [0.05, 0.1) is 10.8 Å². The molecule has 1 amide bonds. The van der Waals surface area contributed by atoms with E-state index < -0.39 is 39.3 Å². The summed E-state index contributed by atoms with van der Waals surface area (Å²) in [6, 6.07) is 5.78. The van der Waals surface area contributed by atoms with Crippen molar-refractivity contribution >= 4 is 39.7 Å². The van der Waals surface area contributed by atoms with Crippen LogP contribution in [0.1, 0.15) is 13.8 Å². The third-order valence-electron chi connectivity index (χ3n) is 4.75. The van der Waals surface area contributed by atoms with Crippen molar-refractivity contribution in [1.82, 2.24) is 10.2 Å². The summed E-state index contributed by atoms with van der Waals surface area (Å²) in [6.07, 6.45) is -3.80. The molecule has 1 aliphatic carbocycles. The summed E-state index contributed by atoms with van der Waals surface area (Å²) in [7, 11) is 0. The van der Waals surface area contributed by atoms with E-state index in [1.165, 1.54) is 18.2 Å². The van der Waals surface area contributed by atoms with E-state index in [4.69, 9.17) is 11.6 Å². The minimum absolute atomic E-state index is 0.112. The number of rotatable bonds is 5. The SMILES string of the molecule is CC1(C)C(/C=C(/Cl)C(F)(F)F)C1C(=O)Nc1nnc(-c2cccc([N+](=O)[O-])c2)s1. The first-order valence-electron chi connectivity index (χ1n) is 8.25. The smallest absolute Gasteiger partial charge is 0.300 e. The van der Waals surface area contributed by atoms with Gasteiger partial charge in [-0.15, -0.1) is 10.2 Å². The summed E-state index contributed by atoms with van der Waals surface area (Å²) >= 11 is 6.29. The van der Waals surface area contributed by atoms with Crippen molar-refractivity contribution in [2.75, 3.05) is 5.32 Å². The van der Waals surface area contributed by atoms with Crippen LogP contribution in [0.25, 0.3) is 10.6 Å². The number of nitrogens with one attached hydrogen (secondary N) is 1. The molecule has 0 saturated heterocycles. The van der Waals surface area contributed by atoms with E-state index in [2.05, 4.69) is 15.5 Å². The number of nitro groups is 1. The number of aromatic nitrogens is 2. The van der Waals surface area contributed by atoms with Gasteiger partial charge in [-0.2, -0.15) is 13.2 Å². The Kier molecular flexibility index (Phi) is 5.39. The van der Waals surface area contributed by atoms with Crippen LogP contribution in [0.2, 0.25) is 0 Å². The van der Waals surface area contributed by atoms with Crippen LogP contribution in [-0.2, 0) is 4.79 Å². The monoisotopic (exact) mass is 446 g/mol. The van der Waals surface area contributed by atoms with Gasteiger partial charge in [-0.25, -0.2) is 0 Å². The Morgan fingerprint density at radius 3 is 2.69 bits per heavy atom. The number of nitrogens with zero attached hydrogens (tertiary/aromatic N) is 3. The molecule has 1 aromatic heterocycles. The fraction of sp³-hybridized carbons (Fsp3) is 0.353. The van der Waals surface area contributed by atoms with Crippen molar-refractivity contribution in [3.8, 4) is 10.6 Å². The summed E-state index contributed by atoms with van der Waals surface area (Å²) in [5, 5.41) is 20.4. The molecule has 1 heterocycles. The topological polar surface area (TPSA) is 98.0 Å². The van der Waals surface area contributed by atoms with Crippen molar-refractivity contribution in [2.24, 2.45) is 17.3 Å². The van der Waals surface area contributed by atoms with Crippen molar-refractivity contribution in [1.29, 1.82) is 0 Å². The number of halogens is 4. The van der Waals surface area contributed by atoms with E-state index in [9.17, 15) is 28.1 Å². The number of allylic oxidation sites excluding steroid dienone is 2. The Balaban J connectivity index is 1.73. The zero-order valence-electron chi connectivity index (χ0n) is 15.0. The zero-order chi connectivity index (χ0) is 21.6. The highest BCUT2D eigenvalue weighted by molar-refractivity contribution is 7.18. The number of carbonyl (C=O) groups is 1. The van der Waals surface area contributed by atoms with Crippen molar-refractivity contribution in [2.45, 2.75) is 20.0 Å². The van der Waals surface area contributed by atoms with Crippen LogP contribution in [0.3, 0.4) is 0 Å². The molecule has 1 aliphatic rings. The van der Waals surface area contributed by atoms with Crippen molar-refractivity contribution in [3.05, 3.63) is 45.5 Å². The molecule has 1 saturated carbocycles. The molecule has 29 heavy (non-hydrogen) atoms. The summed E-state index contributed by atoms with van der Waals surface area (Å²) in [5.41, 5.74) is -0.343. The molecular weight excluding hydrogens is 433 g/mol. The number of amides is 1. The molecule has 1 fully saturated rings. The largest absolute Gasteiger partial charge is 0.426 e. The first kappa shape index (κ1) is 21.2. The molecule has 1 N–H and O–H groups in total. The Morgan fingerprint density at radius 2 is 2.07 bits per heavy atom. The minimum atomic E-state index is -4.66. The highest BCUT2D eigenvalue weighted by atomic mass is 35.5. The number of anilines is 1. The fourth-order valence-electron chi connectivity index (χ4n) is 3.07. The first-order valence-corrected chi connectivity index (χ1v) is 9.44. The van der Waals surface area contributed by atoms with E-state index >= 15 is 0 Å². The Bertz CT molecular complexity index is 1010. The van der Waals surface area contributed by atoms with Gasteiger partial charge in [-0.05, 0) is 11.3 Å². The van der Waals surface area contributed by atoms with Gasteiger partial charge in [0.1, 0.15) is 10.0 Å². The molecule has 2 aromatic rings. The highest BCUT2D eigenvalue weighted by Gasteiger charge is 2.61. The van der Waals surface area contributed by atoms with Gasteiger partial charge in [-0.3, -0.25) is 14.9 Å². The van der Waals surface area contributed by atoms with Gasteiger partial charge in [-0.1, -0.05) is 55.0 Å². The molecule has 154 valence electrons. The maximum absolute atomic E-state index is 12.6. The second-order valence-corrected chi connectivity index (χ2v) is 8.43. The average Bonchev–Trinajstić information content (AvgIpc) is 2.95. The van der Waals surface area contributed by atoms with E-state index in [-0.39, 0.29) is 10.8 Å². The number of non-ortho nitro benzene ring substituents is 1. The van der Waals surface area contributed by atoms with E-state index in [1.54, 1.807) is 19.9 Å². The molecule has 0 aliphatic heterocycles. The van der Waals surface area contributed by atoms with Gasteiger partial charge in [0.15, 0.2) is 0 Å². The summed E-state index contributed by atoms with van der Waals surface area (Å²) < 4.78 is 37.9. The summed E-state index contributed by atoms with van der Waals surface area (Å²) in [5.74, 6) is -1.87. The van der Waals surface area contributed by atoms with Crippen molar-refractivity contribution in [3.63, 3.8) is 0 Å². The normalized spacial score (nSPS) is 21.0. The van der Waals surface area contributed by atoms with Crippen LogP contribution >= 0.6 is 22.9 Å². The Labute approximate surface area is 171 Å². The molecule has 3 rings (SSSR count). The van der Waals surface area contributed by atoms with E-state index in [1.807, 2.05) is 0 Å². The van der Waals surface area contributed by atoms with E-state index in [0.29, 0.717) is 10.6 Å². The lowest BCUT2D eigenvalue weighted by Crippen LogP contribution is -2.16. The van der Waals surface area contributed by atoms with Crippen LogP contribution in [0.5, 0.6) is 0 Å². The number of hydrogen-bond acceptors (Lipinski definition) is 6. The molecular formula is C17H14ClF3N4O3S. The Morgan fingerprint density at radius 1 is 1.38 bits per heavy atom. The number of nitro benzene ring substituents is 1. The van der Waals surface area contributed by atoms with Crippen LogP contribution < -0.4 is 5.32 Å². The Hall–Kier alpha value is -2.53. The molecule has 2 unspecified atom stereocenters. The van der Waals surface area contributed by atoms with Gasteiger partial charge in [0.2, 0.25) is 11.0 Å². The third kappa shape index (κ3) is 4.40. The number of carbonyl (C=O) groups excluding carboxylic acids is 1. The molecule has 12 heteroatoms. The van der Waals surface area contributed by atoms with Gasteiger partial charge >= 0.3 is 6.18 Å². The van der Waals surface area contributed by atoms with Gasteiger partial charge in [0, 0.05) is 17.7 Å². The lowest BCUT2D eigenvalue weighted by molar-refractivity contribution is -0.384. The summed E-state index contributed by atoms with van der Waals surface area (Å²) in [4.78, 5) is 22.8. The van der Waals surface area contributed by atoms with Crippen LogP contribution in [0.15, 0.2) is 35.4 Å². The standard InChI is InChI=1S/C17H14ClF3N4O3S/c1-16(2)10(7-11(18)17(19,20)21)12(16)13(26)22-15-24-23-14(29-15)8-4-3-5-9(6-8)25(27)28/h3-7,10,12H,1-2H3,(H,22,24,26)/b11-7+. The number of alkyl halides is 3. The predicted octanol–water partition coefficient (Wildman–Crippen LogP) is 5.01. The molecule has 0 spiro atoms. The fourth-order valence-corrected chi connectivity index (χ4v) is 3.95. The number of hydrogen-bond donors (Lipinski definition) is 1. The van der Waals surface area contributed by atoms with Gasteiger partial charge < -0.3 is 5.32 Å². The average molecular weight is 447 g/mol.